The van der Waals surface area contributed by atoms with E-state index >= 15 is 0 Å². The maximum absolute atomic E-state index is 12.0. The Morgan fingerprint density at radius 3 is 2.48 bits per heavy atom. The Morgan fingerprint density at radius 2 is 1.81 bits per heavy atom. The fourth-order valence-electron chi connectivity index (χ4n) is 3.34. The fraction of sp³-hybridized carbons (Fsp3) is 0.0909. The molecule has 0 aliphatic carbocycles. The molecule has 4 aromatic rings. The van der Waals surface area contributed by atoms with Crippen LogP contribution in [0.4, 0.5) is 11.4 Å². The molecule has 8 nitrogen and oxygen atoms in total. The van der Waals surface area contributed by atoms with E-state index in [1.807, 2.05) is 48.5 Å². The van der Waals surface area contributed by atoms with Crippen molar-refractivity contribution in [3.8, 4) is 22.5 Å². The summed E-state index contributed by atoms with van der Waals surface area (Å²) in [5.74, 6) is 0.0419. The van der Waals surface area contributed by atoms with E-state index < -0.39 is 5.97 Å². The van der Waals surface area contributed by atoms with Gasteiger partial charge >= 0.3 is 5.97 Å². The lowest BCUT2D eigenvalue weighted by Gasteiger charge is -2.14. The van der Waals surface area contributed by atoms with Gasteiger partial charge in [-0.15, -0.1) is 5.10 Å². The largest absolute Gasteiger partial charge is 0.465 e. The molecule has 3 N–H and O–H groups in total. The van der Waals surface area contributed by atoms with Crippen LogP contribution in [0.25, 0.3) is 22.5 Å². The lowest BCUT2D eigenvalue weighted by atomic mass is 9.98. The number of nitrogens with one attached hydrogen (secondary N) is 1. The second kappa shape index (κ2) is 8.70. The zero-order valence-electron chi connectivity index (χ0n) is 16.8. The van der Waals surface area contributed by atoms with Crippen molar-refractivity contribution < 1.29 is 9.53 Å². The van der Waals surface area contributed by atoms with Crippen molar-refractivity contribution in [1.29, 1.82) is 0 Å². The van der Waals surface area contributed by atoms with Crippen molar-refractivity contribution in [2.45, 2.75) is 6.54 Å². The van der Waals surface area contributed by atoms with Crippen LogP contribution in [0, 0.1) is 0 Å². The Morgan fingerprint density at radius 1 is 1.06 bits per heavy atom. The number of nitrogens with zero attached hydrogens (tertiary/aromatic N) is 4. The quantitative estimate of drug-likeness (QED) is 0.286. The van der Waals surface area contributed by atoms with Gasteiger partial charge in [-0.2, -0.15) is 0 Å². The highest BCUT2D eigenvalue weighted by Gasteiger charge is 2.14. The van der Waals surface area contributed by atoms with E-state index in [2.05, 4.69) is 20.8 Å². The number of carbonyl (C=O) groups is 1. The van der Waals surface area contributed by atoms with Crippen molar-refractivity contribution in [2.24, 2.45) is 0 Å². The summed E-state index contributed by atoms with van der Waals surface area (Å²) < 4.78 is 5.99. The SMILES string of the molecule is [B]n1nnnc1-c1ccccc1-c1ccc(CNc2c(N)cccc2C(=O)OC)cc1. The van der Waals surface area contributed by atoms with Gasteiger partial charge in [0.15, 0.2) is 5.82 Å². The van der Waals surface area contributed by atoms with E-state index in [0.717, 1.165) is 26.8 Å². The predicted molar refractivity (Wildman–Crippen MR) is 119 cm³/mol. The minimum atomic E-state index is -0.441. The number of nitrogen functional groups attached to an aromatic ring is 1. The molecule has 0 aliphatic heterocycles. The third-order valence-electron chi connectivity index (χ3n) is 4.90. The summed E-state index contributed by atoms with van der Waals surface area (Å²) >= 11 is 0. The minimum Gasteiger partial charge on any atom is -0.465 e. The summed E-state index contributed by atoms with van der Waals surface area (Å²) in [6.45, 7) is 0.487. The maximum Gasteiger partial charge on any atom is 0.340 e. The predicted octanol–water partition coefficient (Wildman–Crippen LogP) is 2.92. The van der Waals surface area contributed by atoms with Crippen LogP contribution in [0.3, 0.4) is 0 Å². The van der Waals surface area contributed by atoms with Gasteiger partial charge < -0.3 is 15.8 Å². The number of tetrazole rings is 1. The van der Waals surface area contributed by atoms with E-state index in [1.54, 1.807) is 18.2 Å². The van der Waals surface area contributed by atoms with Crippen molar-refractivity contribution in [3.05, 3.63) is 77.9 Å². The van der Waals surface area contributed by atoms with E-state index in [1.165, 1.54) is 7.11 Å². The van der Waals surface area contributed by atoms with E-state index in [-0.39, 0.29) is 0 Å². The van der Waals surface area contributed by atoms with Crippen LogP contribution in [0.15, 0.2) is 66.7 Å². The van der Waals surface area contributed by atoms with Gasteiger partial charge in [0.05, 0.1) is 24.0 Å². The van der Waals surface area contributed by atoms with Crippen LogP contribution in [-0.2, 0) is 11.3 Å². The fourth-order valence-corrected chi connectivity index (χ4v) is 3.34. The summed E-state index contributed by atoms with van der Waals surface area (Å²) in [7, 11) is 7.17. The molecule has 1 heterocycles. The number of benzene rings is 3. The van der Waals surface area contributed by atoms with Crippen LogP contribution >= 0.6 is 0 Å². The minimum absolute atomic E-state index is 0.396. The Bertz CT molecular complexity index is 1220. The molecular weight excluding hydrogens is 391 g/mol. The monoisotopic (exact) mass is 410 g/mol. The number of nitrogens with two attached hydrogens (primary N) is 1. The first-order valence-electron chi connectivity index (χ1n) is 9.51. The standard InChI is InChI=1S/C22H19BN6O2/c1-31-22(30)18-7-4-8-19(24)20(18)25-13-14-9-11-15(12-10-14)16-5-2-3-6-17(16)21-26-27-28-29(21)23/h2-12,25H,13,24H2,1H3. The molecule has 2 radical (unpaired) electrons. The van der Waals surface area contributed by atoms with Crippen molar-refractivity contribution in [3.63, 3.8) is 0 Å². The Kier molecular flexibility index (Phi) is 5.66. The molecule has 9 heteroatoms. The second-order valence-electron chi connectivity index (χ2n) is 6.80. The molecule has 0 fully saturated rings. The molecule has 1 aromatic heterocycles. The first-order chi connectivity index (χ1) is 15.1. The second-order valence-corrected chi connectivity index (χ2v) is 6.80. The lowest BCUT2D eigenvalue weighted by molar-refractivity contribution is 0.0602. The first-order valence-corrected chi connectivity index (χ1v) is 9.51. The Balaban J connectivity index is 1.57. The van der Waals surface area contributed by atoms with Gasteiger partial charge in [0, 0.05) is 12.1 Å². The van der Waals surface area contributed by atoms with Crippen LogP contribution in [0.5, 0.6) is 0 Å². The summed E-state index contributed by atoms with van der Waals surface area (Å²) in [4.78, 5) is 12.0. The molecule has 0 saturated carbocycles. The van der Waals surface area contributed by atoms with Gasteiger partial charge in [0.25, 0.3) is 7.98 Å². The van der Waals surface area contributed by atoms with Gasteiger partial charge in [0.2, 0.25) is 0 Å². The molecular formula is C22H19BN6O2. The van der Waals surface area contributed by atoms with Gasteiger partial charge in [-0.25, -0.2) is 4.79 Å². The zero-order valence-corrected chi connectivity index (χ0v) is 16.8. The highest BCUT2D eigenvalue weighted by atomic mass is 16.5. The van der Waals surface area contributed by atoms with Gasteiger partial charge in [-0.05, 0) is 34.0 Å². The molecule has 0 bridgehead atoms. The summed E-state index contributed by atoms with van der Waals surface area (Å²) in [6.07, 6.45) is 0. The van der Waals surface area contributed by atoms with Crippen molar-refractivity contribution in [1.82, 2.24) is 20.1 Å². The van der Waals surface area contributed by atoms with Gasteiger partial charge in [0.1, 0.15) is 0 Å². The molecule has 4 rings (SSSR count). The van der Waals surface area contributed by atoms with Crippen LogP contribution in [0.2, 0.25) is 0 Å². The average molecular weight is 410 g/mol. The van der Waals surface area contributed by atoms with E-state index in [0.29, 0.717) is 29.3 Å². The zero-order chi connectivity index (χ0) is 21.8. The molecule has 0 amide bonds. The average Bonchev–Trinajstić information content (AvgIpc) is 3.23. The van der Waals surface area contributed by atoms with Gasteiger partial charge in [-0.1, -0.05) is 59.8 Å². The smallest absolute Gasteiger partial charge is 0.340 e. The normalized spacial score (nSPS) is 10.6. The number of hydrogen-bond acceptors (Lipinski definition) is 7. The number of rotatable bonds is 6. The lowest BCUT2D eigenvalue weighted by Crippen LogP contribution is -2.10. The molecule has 0 spiro atoms. The highest BCUT2D eigenvalue weighted by molar-refractivity contribution is 6.07. The van der Waals surface area contributed by atoms with Crippen LogP contribution in [0.1, 0.15) is 15.9 Å². The van der Waals surface area contributed by atoms with E-state index in [9.17, 15) is 4.79 Å². The van der Waals surface area contributed by atoms with Crippen LogP contribution in [-0.4, -0.2) is 41.2 Å². The molecule has 152 valence electrons. The number of esters is 1. The maximum atomic E-state index is 12.0. The Labute approximate surface area is 180 Å². The topological polar surface area (TPSA) is 108 Å². The molecule has 31 heavy (non-hydrogen) atoms. The summed E-state index contributed by atoms with van der Waals surface area (Å²) in [5, 5.41) is 14.6. The third-order valence-corrected chi connectivity index (χ3v) is 4.90. The number of carbonyl (C=O) groups excluding carboxylic acids is 1. The highest BCUT2D eigenvalue weighted by Crippen LogP contribution is 2.31. The number of methoxy groups -OCH3 is 1. The number of aromatic nitrogens is 4. The molecule has 3 aromatic carbocycles. The van der Waals surface area contributed by atoms with E-state index in [4.69, 9.17) is 18.5 Å². The molecule has 0 saturated heterocycles. The number of ether oxygens (including phenoxy) is 1. The Hall–Kier alpha value is -4.14. The number of anilines is 2. The third kappa shape index (κ3) is 4.11. The van der Waals surface area contributed by atoms with Crippen molar-refractivity contribution >= 4 is 25.3 Å². The first kappa shape index (κ1) is 20.2. The molecule has 0 atom stereocenters. The molecule has 0 unspecified atom stereocenters. The van der Waals surface area contributed by atoms with Gasteiger partial charge in [-0.3, -0.25) is 4.59 Å². The summed E-state index contributed by atoms with van der Waals surface area (Å²) in [5.41, 5.74) is 11.3. The number of para-hydroxylation sites is 1. The van der Waals surface area contributed by atoms with Crippen molar-refractivity contribution in [2.75, 3.05) is 18.2 Å². The summed E-state index contributed by atoms with van der Waals surface area (Å²) in [6, 6.07) is 20.9. The van der Waals surface area contributed by atoms with Crippen LogP contribution < -0.4 is 11.1 Å². The molecule has 0 aliphatic rings. The number of hydrogen-bond donors (Lipinski definition) is 2.